The van der Waals surface area contributed by atoms with E-state index in [-0.39, 0.29) is 32.0 Å². The van der Waals surface area contributed by atoms with Crippen LogP contribution in [-0.4, -0.2) is 11.8 Å². The van der Waals surface area contributed by atoms with Crippen molar-refractivity contribution in [1.29, 1.82) is 0 Å². The summed E-state index contributed by atoms with van der Waals surface area (Å²) in [5.74, 6) is -1.54. The van der Waals surface area contributed by atoms with Crippen LogP contribution in [0.1, 0.15) is 26.2 Å². The first kappa shape index (κ1) is 12.7. The van der Waals surface area contributed by atoms with Crippen LogP contribution in [0.5, 0.6) is 0 Å². The number of carboxylic acids is 1. The summed E-state index contributed by atoms with van der Waals surface area (Å²) in [7, 11) is 0. The molecule has 0 spiro atoms. The van der Waals surface area contributed by atoms with Crippen molar-refractivity contribution in [2.75, 3.05) is 0 Å². The number of rotatable bonds is 4. The molecule has 3 nitrogen and oxygen atoms in total. The Balaban J connectivity index is 0. The molecule has 10 heavy (non-hydrogen) atoms. The van der Waals surface area contributed by atoms with Crippen molar-refractivity contribution < 1.29 is 40.9 Å². The fraction of sp³-hybridized carbons (Fsp3) is 0.667. The van der Waals surface area contributed by atoms with Crippen LogP contribution in [-0.2, 0) is 35.8 Å². The largest absolute Gasteiger partial charge is 1.00 e. The molecular weight excluding hydrogens is 211 g/mol. The molecule has 0 aliphatic heterocycles. The molecule has 0 saturated carbocycles. The van der Waals surface area contributed by atoms with Gasteiger partial charge in [-0.05, 0) is 6.42 Å². The van der Waals surface area contributed by atoms with Crippen LogP contribution in [0, 0.1) is 0 Å². The Morgan fingerprint density at radius 1 is 1.40 bits per heavy atom. The zero-order chi connectivity index (χ0) is 7.28. The maximum atomic E-state index is 10.4. The van der Waals surface area contributed by atoms with E-state index in [0.717, 1.165) is 0 Å². The molecule has 0 saturated heterocycles. The van der Waals surface area contributed by atoms with E-state index in [1.807, 2.05) is 6.92 Å². The second kappa shape index (κ2) is 7.13. The van der Waals surface area contributed by atoms with Crippen molar-refractivity contribution in [1.82, 2.24) is 0 Å². The number of carbonyl (C=O) groups is 2. The summed E-state index contributed by atoms with van der Waals surface area (Å²) in [4.78, 5) is 20.2. The quantitative estimate of drug-likeness (QED) is 0.600. The molecule has 0 N–H and O–H groups in total. The minimum atomic E-state index is -1.28. The SMILES string of the molecule is CCCC(=O)CC(=O)[O-].[Zr+]. The van der Waals surface area contributed by atoms with E-state index >= 15 is 0 Å². The van der Waals surface area contributed by atoms with Crippen LogP contribution in [0.4, 0.5) is 0 Å². The molecule has 55 valence electrons. The Morgan fingerprint density at radius 3 is 2.20 bits per heavy atom. The first-order valence-electron chi connectivity index (χ1n) is 2.88. The molecule has 0 atom stereocenters. The second-order valence-electron chi connectivity index (χ2n) is 1.84. The predicted octanol–water partition coefficient (Wildman–Crippen LogP) is -0.507. The third kappa shape index (κ3) is 8.02. The first-order chi connectivity index (χ1) is 4.16. The van der Waals surface area contributed by atoms with Gasteiger partial charge in [0.1, 0.15) is 5.78 Å². The summed E-state index contributed by atoms with van der Waals surface area (Å²) in [6.07, 6.45) is 0.605. The van der Waals surface area contributed by atoms with E-state index in [1.54, 1.807) is 0 Å². The minimum absolute atomic E-state index is 0. The summed E-state index contributed by atoms with van der Waals surface area (Å²) < 4.78 is 0. The van der Waals surface area contributed by atoms with E-state index in [9.17, 15) is 14.7 Å². The number of Topliss-reactive ketones (excluding diaryl/α,β-unsaturated/α-hetero) is 1. The third-order valence-corrected chi connectivity index (χ3v) is 0.870. The van der Waals surface area contributed by atoms with Gasteiger partial charge in [-0.2, -0.15) is 0 Å². The Labute approximate surface area is 78.9 Å². The van der Waals surface area contributed by atoms with Gasteiger partial charge in [0, 0.05) is 18.8 Å². The summed E-state index contributed by atoms with van der Waals surface area (Å²) in [5, 5.41) is 9.75. The molecule has 0 bridgehead atoms. The molecule has 0 fully saturated rings. The van der Waals surface area contributed by atoms with E-state index in [2.05, 4.69) is 0 Å². The zero-order valence-corrected chi connectivity index (χ0v) is 8.30. The average Bonchev–Trinajstić information content (AvgIpc) is 1.63. The van der Waals surface area contributed by atoms with Gasteiger partial charge in [-0.25, -0.2) is 0 Å². The van der Waals surface area contributed by atoms with Crippen molar-refractivity contribution in [2.24, 2.45) is 0 Å². The Hall–Kier alpha value is 0.0231. The van der Waals surface area contributed by atoms with Crippen molar-refractivity contribution in [2.45, 2.75) is 26.2 Å². The fourth-order valence-electron chi connectivity index (χ4n) is 0.528. The Kier molecular flexibility index (Phi) is 9.04. The van der Waals surface area contributed by atoms with Crippen molar-refractivity contribution in [3.05, 3.63) is 0 Å². The van der Waals surface area contributed by atoms with Gasteiger partial charge in [-0.3, -0.25) is 4.79 Å². The number of aliphatic carboxylic acids is 1. The van der Waals surface area contributed by atoms with Gasteiger partial charge < -0.3 is 9.90 Å². The molecule has 0 aromatic heterocycles. The standard InChI is InChI=1S/C6H10O3.Zr/c1-2-3-5(7)4-6(8)9;/h2-4H2,1H3,(H,8,9);/q;+1/p-1. The number of ketones is 1. The molecular formula is C6H9O3Zr. The fourth-order valence-corrected chi connectivity index (χ4v) is 0.528. The third-order valence-electron chi connectivity index (χ3n) is 0.870. The monoisotopic (exact) mass is 219 g/mol. The van der Waals surface area contributed by atoms with Gasteiger partial charge in [-0.1, -0.05) is 6.92 Å². The van der Waals surface area contributed by atoms with E-state index in [4.69, 9.17) is 0 Å². The van der Waals surface area contributed by atoms with Crippen LogP contribution in [0.3, 0.4) is 0 Å². The predicted molar refractivity (Wildman–Crippen MR) is 29.5 cm³/mol. The van der Waals surface area contributed by atoms with Gasteiger partial charge in [0.05, 0.1) is 0 Å². The number of carbonyl (C=O) groups excluding carboxylic acids is 2. The molecule has 0 aromatic rings. The molecule has 0 aromatic carbocycles. The number of hydrogen-bond donors (Lipinski definition) is 0. The maximum Gasteiger partial charge on any atom is 1.00 e. The second-order valence-corrected chi connectivity index (χ2v) is 1.84. The van der Waals surface area contributed by atoms with Crippen LogP contribution in [0.25, 0.3) is 0 Å². The smallest absolute Gasteiger partial charge is 0.550 e. The summed E-state index contributed by atoms with van der Waals surface area (Å²) in [6, 6.07) is 0. The summed E-state index contributed by atoms with van der Waals surface area (Å²) >= 11 is 0. The molecule has 0 heterocycles. The molecule has 4 heteroatoms. The molecule has 0 aliphatic carbocycles. The number of carboxylic acid groups (broad SMARTS) is 1. The first-order valence-corrected chi connectivity index (χ1v) is 2.88. The van der Waals surface area contributed by atoms with Crippen LogP contribution >= 0.6 is 0 Å². The van der Waals surface area contributed by atoms with Crippen LogP contribution in [0.2, 0.25) is 0 Å². The van der Waals surface area contributed by atoms with E-state index in [1.165, 1.54) is 0 Å². The summed E-state index contributed by atoms with van der Waals surface area (Å²) in [5.41, 5.74) is 0. The molecule has 1 radical (unpaired) electrons. The Morgan fingerprint density at radius 2 is 1.90 bits per heavy atom. The Bertz CT molecular complexity index is 122. The average molecular weight is 220 g/mol. The van der Waals surface area contributed by atoms with Gasteiger partial charge in [0.15, 0.2) is 0 Å². The molecule has 0 amide bonds. The summed E-state index contributed by atoms with van der Waals surface area (Å²) in [6.45, 7) is 1.83. The normalized spacial score (nSPS) is 8.10. The van der Waals surface area contributed by atoms with Crippen molar-refractivity contribution in [3.8, 4) is 0 Å². The van der Waals surface area contributed by atoms with Gasteiger partial charge in [0.2, 0.25) is 0 Å². The zero-order valence-electron chi connectivity index (χ0n) is 5.85. The van der Waals surface area contributed by atoms with Crippen LogP contribution < -0.4 is 5.11 Å². The van der Waals surface area contributed by atoms with Crippen molar-refractivity contribution >= 4 is 11.8 Å². The van der Waals surface area contributed by atoms with Gasteiger partial charge in [0.25, 0.3) is 0 Å². The molecule has 0 rings (SSSR count). The van der Waals surface area contributed by atoms with Crippen molar-refractivity contribution in [3.63, 3.8) is 0 Å². The maximum absolute atomic E-state index is 10.4. The van der Waals surface area contributed by atoms with E-state index in [0.29, 0.717) is 12.8 Å². The topological polar surface area (TPSA) is 57.2 Å². The molecule has 0 aliphatic rings. The minimum Gasteiger partial charge on any atom is -0.550 e. The van der Waals surface area contributed by atoms with Crippen LogP contribution in [0.15, 0.2) is 0 Å². The molecule has 0 unspecified atom stereocenters. The van der Waals surface area contributed by atoms with Gasteiger partial charge in [-0.15, -0.1) is 0 Å². The number of hydrogen-bond acceptors (Lipinski definition) is 3. The van der Waals surface area contributed by atoms with E-state index < -0.39 is 12.4 Å². The van der Waals surface area contributed by atoms with Gasteiger partial charge >= 0.3 is 26.2 Å².